The first kappa shape index (κ1) is 19.9. The summed E-state index contributed by atoms with van der Waals surface area (Å²) in [4.78, 5) is 13.0. The van der Waals surface area contributed by atoms with Crippen LogP contribution in [0.3, 0.4) is 0 Å². The largest absolute Gasteiger partial charge is 0.493 e. The topological polar surface area (TPSA) is 66.0 Å². The molecule has 0 bridgehead atoms. The number of hydrogen-bond acceptors (Lipinski definition) is 5. The lowest BCUT2D eigenvalue weighted by Gasteiger charge is -2.38. The minimum atomic E-state index is -0.381. The van der Waals surface area contributed by atoms with Crippen LogP contribution in [0, 0.1) is 6.92 Å². The van der Waals surface area contributed by atoms with Crippen LogP contribution in [-0.2, 0) is 0 Å². The van der Waals surface area contributed by atoms with Crippen molar-refractivity contribution in [2.24, 2.45) is 0 Å². The van der Waals surface area contributed by atoms with Crippen LogP contribution >= 0.6 is 0 Å². The Morgan fingerprint density at radius 1 is 1.07 bits per heavy atom. The number of ether oxygens (including phenoxy) is 4. The van der Waals surface area contributed by atoms with E-state index in [1.165, 1.54) is 21.3 Å². The Balaban J connectivity index is 1.93. The number of fused-ring (bicyclic) bond motifs is 1. The van der Waals surface area contributed by atoms with Crippen LogP contribution in [0.1, 0.15) is 47.8 Å². The van der Waals surface area contributed by atoms with Gasteiger partial charge in [0.05, 0.1) is 27.4 Å². The van der Waals surface area contributed by atoms with E-state index in [4.69, 9.17) is 18.9 Å². The first-order chi connectivity index (χ1) is 13.3. The number of carbonyl (C=O) groups excluding carboxylic acids is 1. The van der Waals surface area contributed by atoms with Crippen molar-refractivity contribution in [2.45, 2.75) is 38.8 Å². The van der Waals surface area contributed by atoms with Crippen molar-refractivity contribution < 1.29 is 23.7 Å². The summed E-state index contributed by atoms with van der Waals surface area (Å²) in [5, 5.41) is 3.14. The highest BCUT2D eigenvalue weighted by molar-refractivity contribution is 5.96. The van der Waals surface area contributed by atoms with E-state index in [0.717, 1.165) is 16.9 Å². The van der Waals surface area contributed by atoms with Crippen molar-refractivity contribution in [3.63, 3.8) is 0 Å². The van der Waals surface area contributed by atoms with E-state index in [0.29, 0.717) is 29.2 Å². The Morgan fingerprint density at radius 2 is 1.71 bits per heavy atom. The summed E-state index contributed by atoms with van der Waals surface area (Å²) in [6.45, 7) is 6.07. The number of hydrogen-bond donors (Lipinski definition) is 1. The maximum atomic E-state index is 13.0. The first-order valence-electron chi connectivity index (χ1n) is 9.18. The van der Waals surface area contributed by atoms with Gasteiger partial charge in [-0.05, 0) is 44.5 Å². The smallest absolute Gasteiger partial charge is 0.252 e. The third-order valence-corrected chi connectivity index (χ3v) is 4.86. The van der Waals surface area contributed by atoms with Crippen molar-refractivity contribution in [3.05, 3.63) is 47.0 Å². The van der Waals surface area contributed by atoms with Gasteiger partial charge in [-0.3, -0.25) is 4.79 Å². The summed E-state index contributed by atoms with van der Waals surface area (Å²) >= 11 is 0. The lowest BCUT2D eigenvalue weighted by atomic mass is 9.89. The highest BCUT2D eigenvalue weighted by atomic mass is 16.5. The maximum Gasteiger partial charge on any atom is 0.252 e. The number of carbonyl (C=O) groups is 1. The molecule has 1 N–H and O–H groups in total. The molecule has 0 saturated heterocycles. The molecule has 3 rings (SSSR count). The van der Waals surface area contributed by atoms with E-state index in [9.17, 15) is 4.79 Å². The SMILES string of the molecule is COc1cc(C(=O)N[C@@H]2CC(C)(C)Oc3cc(C)ccc32)cc(OC)c1OC. The molecule has 0 unspecified atom stereocenters. The Labute approximate surface area is 165 Å². The fourth-order valence-electron chi connectivity index (χ4n) is 3.54. The molecule has 0 spiro atoms. The van der Waals surface area contributed by atoms with Gasteiger partial charge in [-0.25, -0.2) is 0 Å². The Morgan fingerprint density at radius 3 is 2.29 bits per heavy atom. The molecule has 2 aromatic rings. The summed E-state index contributed by atoms with van der Waals surface area (Å²) in [6.07, 6.45) is 0.666. The Kier molecular flexibility index (Phi) is 5.40. The minimum Gasteiger partial charge on any atom is -0.493 e. The number of aryl methyl sites for hydroxylation is 1. The van der Waals surface area contributed by atoms with E-state index < -0.39 is 0 Å². The second-order valence-corrected chi connectivity index (χ2v) is 7.55. The first-order valence-corrected chi connectivity index (χ1v) is 9.18. The quantitative estimate of drug-likeness (QED) is 0.841. The molecule has 1 heterocycles. The Bertz CT molecular complexity index is 865. The van der Waals surface area contributed by atoms with Crippen LogP contribution in [0.15, 0.2) is 30.3 Å². The van der Waals surface area contributed by atoms with Gasteiger partial charge in [-0.15, -0.1) is 0 Å². The van der Waals surface area contributed by atoms with Crippen LogP contribution in [-0.4, -0.2) is 32.8 Å². The molecule has 2 aromatic carbocycles. The van der Waals surface area contributed by atoms with Crippen LogP contribution in [0.5, 0.6) is 23.0 Å². The second kappa shape index (κ2) is 7.62. The van der Waals surface area contributed by atoms with Gasteiger partial charge in [-0.1, -0.05) is 12.1 Å². The van der Waals surface area contributed by atoms with Crippen molar-refractivity contribution in [2.75, 3.05) is 21.3 Å². The molecule has 28 heavy (non-hydrogen) atoms. The molecular formula is C22H27NO5. The number of methoxy groups -OCH3 is 3. The average Bonchev–Trinajstić information content (AvgIpc) is 2.65. The van der Waals surface area contributed by atoms with Crippen LogP contribution in [0.25, 0.3) is 0 Å². The van der Waals surface area contributed by atoms with E-state index in [1.54, 1.807) is 12.1 Å². The van der Waals surface area contributed by atoms with Crippen molar-refractivity contribution in [1.82, 2.24) is 5.32 Å². The van der Waals surface area contributed by atoms with Gasteiger partial charge in [0.1, 0.15) is 11.4 Å². The number of rotatable bonds is 5. The van der Waals surface area contributed by atoms with Gasteiger partial charge in [0.25, 0.3) is 5.91 Å². The minimum absolute atomic E-state index is 0.161. The van der Waals surface area contributed by atoms with Gasteiger partial charge >= 0.3 is 0 Å². The zero-order valence-electron chi connectivity index (χ0n) is 17.2. The predicted molar refractivity (Wildman–Crippen MR) is 107 cm³/mol. The normalized spacial score (nSPS) is 17.1. The summed E-state index contributed by atoms with van der Waals surface area (Å²) in [6, 6.07) is 9.19. The van der Waals surface area contributed by atoms with Gasteiger partial charge < -0.3 is 24.3 Å². The van der Waals surface area contributed by atoms with E-state index in [-0.39, 0.29) is 17.6 Å². The molecule has 1 atom stereocenters. The van der Waals surface area contributed by atoms with E-state index >= 15 is 0 Å². The molecule has 0 aliphatic carbocycles. The van der Waals surface area contributed by atoms with Crippen molar-refractivity contribution >= 4 is 5.91 Å². The third-order valence-electron chi connectivity index (χ3n) is 4.86. The lowest BCUT2D eigenvalue weighted by Crippen LogP contribution is -2.41. The summed E-state index contributed by atoms with van der Waals surface area (Å²) < 4.78 is 22.2. The molecular weight excluding hydrogens is 358 g/mol. The fourth-order valence-corrected chi connectivity index (χ4v) is 3.54. The molecule has 0 fully saturated rings. The van der Waals surface area contributed by atoms with Crippen LogP contribution in [0.2, 0.25) is 0 Å². The molecule has 0 aromatic heterocycles. The third kappa shape index (κ3) is 3.86. The zero-order chi connectivity index (χ0) is 20.5. The highest BCUT2D eigenvalue weighted by Crippen LogP contribution is 2.41. The molecule has 1 amide bonds. The van der Waals surface area contributed by atoms with Gasteiger partial charge in [0, 0.05) is 17.5 Å². The monoisotopic (exact) mass is 385 g/mol. The van der Waals surface area contributed by atoms with Gasteiger partial charge in [0.2, 0.25) is 5.75 Å². The molecule has 0 saturated carbocycles. The Hall–Kier alpha value is -2.89. The van der Waals surface area contributed by atoms with Crippen LogP contribution < -0.4 is 24.3 Å². The average molecular weight is 385 g/mol. The summed E-state index contributed by atoms with van der Waals surface area (Å²) in [5.41, 5.74) is 2.15. The van der Waals surface area contributed by atoms with Gasteiger partial charge in [0.15, 0.2) is 11.5 Å². The lowest BCUT2D eigenvalue weighted by molar-refractivity contribution is 0.0619. The van der Waals surface area contributed by atoms with E-state index in [2.05, 4.69) is 5.32 Å². The molecule has 1 aliphatic heterocycles. The highest BCUT2D eigenvalue weighted by Gasteiger charge is 2.35. The number of benzene rings is 2. The van der Waals surface area contributed by atoms with E-state index in [1.807, 2.05) is 39.0 Å². The maximum absolute atomic E-state index is 13.0. The van der Waals surface area contributed by atoms with Crippen molar-refractivity contribution in [3.8, 4) is 23.0 Å². The second-order valence-electron chi connectivity index (χ2n) is 7.55. The molecule has 1 aliphatic rings. The zero-order valence-corrected chi connectivity index (χ0v) is 17.2. The number of nitrogens with one attached hydrogen (secondary N) is 1. The standard InChI is InChI=1S/C22H27NO5/c1-13-7-8-15-16(12-22(2,3)28-17(15)9-13)23-21(24)14-10-18(25-4)20(27-6)19(11-14)26-5/h7-11,16H,12H2,1-6H3,(H,23,24)/t16-/m1/s1. The summed E-state index contributed by atoms with van der Waals surface area (Å²) in [5.74, 6) is 1.93. The molecule has 6 nitrogen and oxygen atoms in total. The van der Waals surface area contributed by atoms with Gasteiger partial charge in [-0.2, -0.15) is 0 Å². The molecule has 150 valence electrons. The predicted octanol–water partition coefficient (Wildman–Crippen LogP) is 4.05. The van der Waals surface area contributed by atoms with Crippen LogP contribution in [0.4, 0.5) is 0 Å². The molecule has 0 radical (unpaired) electrons. The molecule has 6 heteroatoms. The van der Waals surface area contributed by atoms with Crippen molar-refractivity contribution in [1.29, 1.82) is 0 Å². The fraction of sp³-hybridized carbons (Fsp3) is 0.409. The number of amides is 1. The summed E-state index contributed by atoms with van der Waals surface area (Å²) in [7, 11) is 4.58.